The van der Waals surface area contributed by atoms with Gasteiger partial charge in [0.1, 0.15) is 17.1 Å². The summed E-state index contributed by atoms with van der Waals surface area (Å²) >= 11 is 0. The van der Waals surface area contributed by atoms with Crippen LogP contribution in [0.25, 0.3) is 6.08 Å². The molecule has 2 rings (SSSR count). The topological polar surface area (TPSA) is 88.4 Å². The molecule has 2 N–H and O–H groups in total. The summed E-state index contributed by atoms with van der Waals surface area (Å²) in [5.74, 6) is -0.419. The van der Waals surface area contributed by atoms with Crippen LogP contribution in [0.4, 0.5) is 4.79 Å². The van der Waals surface area contributed by atoms with E-state index in [0.29, 0.717) is 11.5 Å². The Morgan fingerprint density at radius 2 is 1.75 bits per heavy atom. The second-order valence-corrected chi connectivity index (χ2v) is 3.24. The molecule has 0 atom stereocenters. The molecule has 2 heterocycles. The largest absolute Gasteiger partial charge is 0.462 e. The van der Waals surface area contributed by atoms with Gasteiger partial charge in [0.25, 0.3) is 11.8 Å². The quantitative estimate of drug-likeness (QED) is 0.527. The SMILES string of the molecule is Cc1ccc(C=C2C(=O)NC(=O)NC2=O)o1. The van der Waals surface area contributed by atoms with Crippen LogP contribution in [0.1, 0.15) is 11.5 Å². The predicted octanol–water partition coefficient (Wildman–Crippen LogP) is 0.337. The minimum absolute atomic E-state index is 0.158. The monoisotopic (exact) mass is 220 g/mol. The highest BCUT2D eigenvalue weighted by molar-refractivity contribution is 6.30. The minimum atomic E-state index is -0.817. The molecule has 1 aromatic heterocycles. The Labute approximate surface area is 90.3 Å². The first-order valence-electron chi connectivity index (χ1n) is 4.51. The lowest BCUT2D eigenvalue weighted by molar-refractivity contribution is -0.123. The number of aryl methyl sites for hydroxylation is 1. The van der Waals surface area contributed by atoms with Gasteiger partial charge in [0.15, 0.2) is 0 Å². The second kappa shape index (κ2) is 3.65. The Bertz CT molecular complexity index is 491. The van der Waals surface area contributed by atoms with Crippen LogP contribution in [-0.4, -0.2) is 17.8 Å². The van der Waals surface area contributed by atoms with Crippen LogP contribution < -0.4 is 10.6 Å². The van der Waals surface area contributed by atoms with Crippen molar-refractivity contribution in [3.63, 3.8) is 0 Å². The molecular weight excluding hydrogens is 212 g/mol. The van der Waals surface area contributed by atoms with Gasteiger partial charge in [-0.15, -0.1) is 0 Å². The molecule has 0 unspecified atom stereocenters. The van der Waals surface area contributed by atoms with Gasteiger partial charge in [-0.05, 0) is 25.1 Å². The fourth-order valence-electron chi connectivity index (χ4n) is 1.28. The maximum atomic E-state index is 11.3. The van der Waals surface area contributed by atoms with E-state index in [-0.39, 0.29) is 5.57 Å². The van der Waals surface area contributed by atoms with Gasteiger partial charge in [0.05, 0.1) is 0 Å². The molecule has 1 saturated heterocycles. The number of hydrogen-bond donors (Lipinski definition) is 2. The van der Waals surface area contributed by atoms with Crippen LogP contribution in [-0.2, 0) is 9.59 Å². The minimum Gasteiger partial charge on any atom is -0.462 e. The third-order valence-corrected chi connectivity index (χ3v) is 1.99. The van der Waals surface area contributed by atoms with Crippen LogP contribution in [0.15, 0.2) is 22.1 Å². The van der Waals surface area contributed by atoms with Crippen LogP contribution in [0.2, 0.25) is 0 Å². The van der Waals surface area contributed by atoms with Gasteiger partial charge in [-0.3, -0.25) is 20.2 Å². The van der Waals surface area contributed by atoms with E-state index in [2.05, 4.69) is 0 Å². The summed E-state index contributed by atoms with van der Waals surface area (Å²) in [6, 6.07) is 2.51. The van der Waals surface area contributed by atoms with Gasteiger partial charge < -0.3 is 4.42 Å². The first-order chi connectivity index (χ1) is 7.56. The van der Waals surface area contributed by atoms with Crippen LogP contribution >= 0.6 is 0 Å². The highest BCUT2D eigenvalue weighted by atomic mass is 16.3. The highest BCUT2D eigenvalue weighted by Gasteiger charge is 2.27. The van der Waals surface area contributed by atoms with E-state index in [1.54, 1.807) is 19.1 Å². The van der Waals surface area contributed by atoms with Crippen molar-refractivity contribution >= 4 is 23.9 Å². The van der Waals surface area contributed by atoms with Gasteiger partial charge in [-0.25, -0.2) is 4.79 Å². The number of imide groups is 2. The Morgan fingerprint density at radius 3 is 2.25 bits per heavy atom. The van der Waals surface area contributed by atoms with Crippen molar-refractivity contribution in [1.29, 1.82) is 0 Å². The van der Waals surface area contributed by atoms with Gasteiger partial charge in [0, 0.05) is 0 Å². The molecule has 0 aliphatic carbocycles. The van der Waals surface area contributed by atoms with Crippen molar-refractivity contribution in [2.24, 2.45) is 0 Å². The highest BCUT2D eigenvalue weighted by Crippen LogP contribution is 2.12. The van der Waals surface area contributed by atoms with Crippen LogP contribution in [0, 0.1) is 6.92 Å². The number of barbiturate groups is 1. The van der Waals surface area contributed by atoms with Crippen LogP contribution in [0.5, 0.6) is 0 Å². The standard InChI is InChI=1S/C10H8N2O4/c1-5-2-3-6(16-5)4-7-8(13)11-10(15)12-9(7)14/h2-4H,1H3,(H2,11,12,13,14,15). The van der Waals surface area contributed by atoms with Crippen molar-refractivity contribution in [1.82, 2.24) is 10.6 Å². The number of carbonyl (C=O) groups excluding carboxylic acids is 3. The molecule has 1 aliphatic heterocycles. The lowest BCUT2D eigenvalue weighted by Gasteiger charge is -2.13. The Morgan fingerprint density at radius 1 is 1.12 bits per heavy atom. The Kier molecular flexibility index (Phi) is 2.32. The summed E-state index contributed by atoms with van der Waals surface area (Å²) in [4.78, 5) is 33.4. The Balaban J connectivity index is 2.32. The molecule has 1 aromatic rings. The van der Waals surface area contributed by atoms with E-state index < -0.39 is 17.8 Å². The normalized spacial score (nSPS) is 15.8. The van der Waals surface area contributed by atoms with Crippen LogP contribution in [0.3, 0.4) is 0 Å². The van der Waals surface area contributed by atoms with Crippen molar-refractivity contribution < 1.29 is 18.8 Å². The first-order valence-corrected chi connectivity index (χ1v) is 4.51. The predicted molar refractivity (Wildman–Crippen MR) is 53.1 cm³/mol. The maximum absolute atomic E-state index is 11.3. The Hall–Kier alpha value is -2.37. The van der Waals surface area contributed by atoms with E-state index >= 15 is 0 Å². The molecule has 0 bridgehead atoms. The molecule has 82 valence electrons. The summed E-state index contributed by atoms with van der Waals surface area (Å²) < 4.78 is 5.19. The molecule has 6 heteroatoms. The van der Waals surface area contributed by atoms with E-state index in [1.165, 1.54) is 6.08 Å². The lowest BCUT2D eigenvalue weighted by Crippen LogP contribution is -2.51. The van der Waals surface area contributed by atoms with Crippen molar-refractivity contribution in [2.45, 2.75) is 6.92 Å². The smallest absolute Gasteiger partial charge is 0.328 e. The number of furan rings is 1. The number of rotatable bonds is 1. The summed E-state index contributed by atoms with van der Waals surface area (Å²) in [6.07, 6.45) is 1.28. The zero-order valence-electron chi connectivity index (χ0n) is 8.37. The van der Waals surface area contributed by atoms with Gasteiger partial charge in [0.2, 0.25) is 0 Å². The number of urea groups is 1. The maximum Gasteiger partial charge on any atom is 0.328 e. The number of nitrogens with one attached hydrogen (secondary N) is 2. The molecule has 1 aliphatic rings. The van der Waals surface area contributed by atoms with Crippen molar-refractivity contribution in [2.75, 3.05) is 0 Å². The molecular formula is C10H8N2O4. The zero-order valence-corrected chi connectivity index (χ0v) is 8.37. The van der Waals surface area contributed by atoms with Gasteiger partial charge in [-0.2, -0.15) is 0 Å². The van der Waals surface area contributed by atoms with E-state index in [4.69, 9.17) is 4.42 Å². The molecule has 6 nitrogen and oxygen atoms in total. The fourth-order valence-corrected chi connectivity index (χ4v) is 1.28. The van der Waals surface area contributed by atoms with E-state index in [0.717, 1.165) is 0 Å². The molecule has 0 saturated carbocycles. The molecule has 0 spiro atoms. The average Bonchev–Trinajstić information content (AvgIpc) is 2.58. The summed E-state index contributed by atoms with van der Waals surface area (Å²) in [5.41, 5.74) is -0.158. The molecule has 4 amide bonds. The van der Waals surface area contributed by atoms with Crippen molar-refractivity contribution in [3.8, 4) is 0 Å². The lowest BCUT2D eigenvalue weighted by atomic mass is 10.1. The number of carbonyl (C=O) groups is 3. The summed E-state index contributed by atoms with van der Waals surface area (Å²) in [6.45, 7) is 1.74. The fraction of sp³-hybridized carbons (Fsp3) is 0.100. The number of amides is 4. The van der Waals surface area contributed by atoms with E-state index in [1.807, 2.05) is 10.6 Å². The first kappa shape index (κ1) is 10.2. The molecule has 1 fully saturated rings. The average molecular weight is 220 g/mol. The number of hydrogen-bond acceptors (Lipinski definition) is 4. The van der Waals surface area contributed by atoms with Gasteiger partial charge in [-0.1, -0.05) is 0 Å². The molecule has 0 aromatic carbocycles. The zero-order chi connectivity index (χ0) is 11.7. The molecule has 16 heavy (non-hydrogen) atoms. The van der Waals surface area contributed by atoms with Crippen molar-refractivity contribution in [3.05, 3.63) is 29.2 Å². The summed E-state index contributed by atoms with van der Waals surface area (Å²) in [5, 5.41) is 3.93. The molecule has 0 radical (unpaired) electrons. The third-order valence-electron chi connectivity index (χ3n) is 1.99. The second-order valence-electron chi connectivity index (χ2n) is 3.24. The third kappa shape index (κ3) is 1.85. The van der Waals surface area contributed by atoms with E-state index in [9.17, 15) is 14.4 Å². The van der Waals surface area contributed by atoms with Gasteiger partial charge >= 0.3 is 6.03 Å². The summed E-state index contributed by atoms with van der Waals surface area (Å²) in [7, 11) is 0.